The third-order valence-electron chi connectivity index (χ3n) is 2.74. The molecule has 1 N–H and O–H groups in total. The molecule has 0 saturated heterocycles. The first kappa shape index (κ1) is 13.7. The largest absolute Gasteiger partial charge is 0.478 e. The Bertz CT molecular complexity index is 625. The molecule has 0 aliphatic rings. The molecule has 1 heterocycles. The molecule has 0 bridgehead atoms. The number of aromatic carboxylic acids is 1. The normalized spacial score (nSPS) is 10.7. The number of carbonyl (C=O) groups is 1. The molecule has 0 saturated carbocycles. The average molecular weight is 327 g/mol. The molecule has 2 aromatic rings. The van der Waals surface area contributed by atoms with Crippen LogP contribution in [0.2, 0.25) is 0 Å². The lowest BCUT2D eigenvalue weighted by atomic mass is 10.2. The number of aryl methyl sites for hydroxylation is 1. The predicted octanol–water partition coefficient (Wildman–Crippen LogP) is 3.42. The second-order valence-corrected chi connectivity index (χ2v) is 4.82. The van der Waals surface area contributed by atoms with Gasteiger partial charge in [0.1, 0.15) is 5.82 Å². The summed E-state index contributed by atoms with van der Waals surface area (Å²) < 4.78 is 15.8. The highest BCUT2D eigenvalue weighted by Crippen LogP contribution is 2.27. The fourth-order valence-corrected chi connectivity index (χ4v) is 2.36. The average Bonchev–Trinajstić information content (AvgIpc) is 2.81. The minimum atomic E-state index is -1.17. The molecule has 0 spiro atoms. The van der Waals surface area contributed by atoms with Gasteiger partial charge in [0.05, 0.1) is 15.7 Å². The van der Waals surface area contributed by atoms with Crippen LogP contribution in [-0.4, -0.2) is 20.6 Å². The minimum absolute atomic E-state index is 0.0475. The zero-order valence-corrected chi connectivity index (χ0v) is 11.8. The van der Waals surface area contributed by atoms with Gasteiger partial charge in [0, 0.05) is 18.8 Å². The molecular formula is C13H12BrFN2O2. The number of rotatable bonds is 4. The molecule has 1 aromatic heterocycles. The van der Waals surface area contributed by atoms with Crippen LogP contribution in [0.1, 0.15) is 29.5 Å². The molecule has 0 atom stereocenters. The molecule has 0 aliphatic carbocycles. The van der Waals surface area contributed by atoms with E-state index in [0.717, 1.165) is 18.7 Å². The summed E-state index contributed by atoms with van der Waals surface area (Å²) in [6.45, 7) is 2.01. The highest BCUT2D eigenvalue weighted by Gasteiger charge is 2.18. The standard InChI is InChI=1S/C13H12BrFN2O2/c1-2-3-10-16-6-7-17(10)9-5-4-8(13(18)19)11(14)12(9)15/h4-7H,2-3H2,1H3,(H,18,19). The van der Waals surface area contributed by atoms with Crippen molar-refractivity contribution in [2.24, 2.45) is 0 Å². The van der Waals surface area contributed by atoms with Gasteiger partial charge in [-0.2, -0.15) is 0 Å². The lowest BCUT2D eigenvalue weighted by Crippen LogP contribution is -2.06. The van der Waals surface area contributed by atoms with E-state index in [-0.39, 0.29) is 15.7 Å². The van der Waals surface area contributed by atoms with E-state index in [0.29, 0.717) is 0 Å². The van der Waals surface area contributed by atoms with Crippen LogP contribution in [0, 0.1) is 5.82 Å². The second-order valence-electron chi connectivity index (χ2n) is 4.03. The summed E-state index contributed by atoms with van der Waals surface area (Å²) in [4.78, 5) is 15.1. The maximum Gasteiger partial charge on any atom is 0.336 e. The molecule has 100 valence electrons. The number of carboxylic acids is 1. The van der Waals surface area contributed by atoms with Crippen molar-refractivity contribution in [3.05, 3.63) is 46.2 Å². The van der Waals surface area contributed by atoms with E-state index >= 15 is 0 Å². The van der Waals surface area contributed by atoms with Crippen LogP contribution in [0.15, 0.2) is 29.0 Å². The first-order valence-corrected chi connectivity index (χ1v) is 6.59. The Morgan fingerprint density at radius 1 is 1.53 bits per heavy atom. The SMILES string of the molecule is CCCc1nccn1-c1ccc(C(=O)O)c(Br)c1F. The topological polar surface area (TPSA) is 55.1 Å². The Kier molecular flexibility index (Phi) is 3.99. The van der Waals surface area contributed by atoms with Gasteiger partial charge >= 0.3 is 5.97 Å². The van der Waals surface area contributed by atoms with Gasteiger partial charge < -0.3 is 9.67 Å². The summed E-state index contributed by atoms with van der Waals surface area (Å²) in [5, 5.41) is 8.93. The smallest absolute Gasteiger partial charge is 0.336 e. The van der Waals surface area contributed by atoms with Gasteiger partial charge in [-0.25, -0.2) is 14.2 Å². The summed E-state index contributed by atoms with van der Waals surface area (Å²) in [7, 11) is 0. The van der Waals surface area contributed by atoms with Gasteiger partial charge in [0.2, 0.25) is 0 Å². The lowest BCUT2D eigenvalue weighted by Gasteiger charge is -2.10. The Morgan fingerprint density at radius 2 is 2.26 bits per heavy atom. The van der Waals surface area contributed by atoms with E-state index in [1.54, 1.807) is 17.0 Å². The lowest BCUT2D eigenvalue weighted by molar-refractivity contribution is 0.0695. The highest BCUT2D eigenvalue weighted by molar-refractivity contribution is 9.10. The van der Waals surface area contributed by atoms with Crippen LogP contribution < -0.4 is 0 Å². The van der Waals surface area contributed by atoms with E-state index in [1.807, 2.05) is 6.92 Å². The maximum atomic E-state index is 14.2. The van der Waals surface area contributed by atoms with Gasteiger partial charge in [0.25, 0.3) is 0 Å². The Morgan fingerprint density at radius 3 is 2.89 bits per heavy atom. The first-order valence-electron chi connectivity index (χ1n) is 5.80. The molecule has 19 heavy (non-hydrogen) atoms. The Labute approximate surface area is 118 Å². The summed E-state index contributed by atoms with van der Waals surface area (Å²) in [6, 6.07) is 2.82. The highest BCUT2D eigenvalue weighted by atomic mass is 79.9. The van der Waals surface area contributed by atoms with Crippen molar-refractivity contribution in [3.63, 3.8) is 0 Å². The third-order valence-corrected chi connectivity index (χ3v) is 3.52. The molecule has 0 unspecified atom stereocenters. The van der Waals surface area contributed by atoms with Gasteiger partial charge in [-0.1, -0.05) is 6.92 Å². The van der Waals surface area contributed by atoms with Crippen molar-refractivity contribution in [2.45, 2.75) is 19.8 Å². The number of nitrogens with zero attached hydrogens (tertiary/aromatic N) is 2. The summed E-state index contributed by atoms with van der Waals surface area (Å²) >= 11 is 2.99. The van der Waals surface area contributed by atoms with Gasteiger partial charge in [0.15, 0.2) is 5.82 Å². The maximum absolute atomic E-state index is 14.2. The third kappa shape index (κ3) is 2.53. The minimum Gasteiger partial charge on any atom is -0.478 e. The molecule has 0 fully saturated rings. The Hall–Kier alpha value is -1.69. The zero-order valence-electron chi connectivity index (χ0n) is 10.2. The van der Waals surface area contributed by atoms with E-state index in [4.69, 9.17) is 5.11 Å². The van der Waals surface area contributed by atoms with E-state index < -0.39 is 11.8 Å². The van der Waals surface area contributed by atoms with Crippen LogP contribution in [0.25, 0.3) is 5.69 Å². The van der Waals surface area contributed by atoms with Crippen molar-refractivity contribution in [1.29, 1.82) is 0 Å². The molecule has 1 aromatic carbocycles. The number of carboxylic acid groups (broad SMARTS) is 1. The molecule has 0 radical (unpaired) electrons. The number of benzene rings is 1. The molecule has 6 heteroatoms. The predicted molar refractivity (Wildman–Crippen MR) is 72.2 cm³/mol. The molecular weight excluding hydrogens is 315 g/mol. The van der Waals surface area contributed by atoms with Crippen molar-refractivity contribution in [1.82, 2.24) is 9.55 Å². The van der Waals surface area contributed by atoms with Crippen LogP contribution in [-0.2, 0) is 6.42 Å². The van der Waals surface area contributed by atoms with E-state index in [2.05, 4.69) is 20.9 Å². The second kappa shape index (κ2) is 5.52. The number of hydrogen-bond donors (Lipinski definition) is 1. The van der Waals surface area contributed by atoms with E-state index in [9.17, 15) is 9.18 Å². The van der Waals surface area contributed by atoms with Gasteiger partial charge in [-0.15, -0.1) is 0 Å². The summed E-state index contributed by atoms with van der Waals surface area (Å²) in [5.74, 6) is -1.02. The number of hydrogen-bond acceptors (Lipinski definition) is 2. The summed E-state index contributed by atoms with van der Waals surface area (Å²) in [5.41, 5.74) is 0.191. The van der Waals surface area contributed by atoms with Crippen molar-refractivity contribution >= 4 is 21.9 Å². The zero-order chi connectivity index (χ0) is 14.0. The molecule has 2 rings (SSSR count). The fraction of sp³-hybridized carbons (Fsp3) is 0.231. The van der Waals surface area contributed by atoms with Crippen molar-refractivity contribution < 1.29 is 14.3 Å². The van der Waals surface area contributed by atoms with Crippen LogP contribution >= 0.6 is 15.9 Å². The Balaban J connectivity index is 2.54. The number of imidazole rings is 1. The summed E-state index contributed by atoms with van der Waals surface area (Å²) in [6.07, 6.45) is 4.89. The molecule has 0 aliphatic heterocycles. The van der Waals surface area contributed by atoms with Gasteiger partial charge in [-0.3, -0.25) is 0 Å². The quantitative estimate of drug-likeness (QED) is 0.936. The van der Waals surface area contributed by atoms with Crippen LogP contribution in [0.4, 0.5) is 4.39 Å². The monoisotopic (exact) mass is 326 g/mol. The van der Waals surface area contributed by atoms with Crippen LogP contribution in [0.3, 0.4) is 0 Å². The number of aromatic nitrogens is 2. The first-order chi connectivity index (χ1) is 9.06. The van der Waals surface area contributed by atoms with Crippen molar-refractivity contribution in [3.8, 4) is 5.69 Å². The van der Waals surface area contributed by atoms with Crippen molar-refractivity contribution in [2.75, 3.05) is 0 Å². The molecule has 0 amide bonds. The van der Waals surface area contributed by atoms with E-state index in [1.165, 1.54) is 12.1 Å². The van der Waals surface area contributed by atoms with Crippen LogP contribution in [0.5, 0.6) is 0 Å². The van der Waals surface area contributed by atoms with Gasteiger partial charge in [-0.05, 0) is 34.5 Å². The fourth-order valence-electron chi connectivity index (χ4n) is 1.85. The number of halogens is 2. The molecule has 4 nitrogen and oxygen atoms in total.